The van der Waals surface area contributed by atoms with Crippen LogP contribution < -0.4 is 5.73 Å². The van der Waals surface area contributed by atoms with Gasteiger partial charge < -0.3 is 5.73 Å². The maximum atomic E-state index is 5.98. The third kappa shape index (κ3) is 2.43. The van der Waals surface area contributed by atoms with E-state index < -0.39 is 0 Å². The van der Waals surface area contributed by atoms with Gasteiger partial charge in [-0.05, 0) is 26.3 Å². The van der Waals surface area contributed by atoms with Crippen molar-refractivity contribution in [1.82, 2.24) is 0 Å². The summed E-state index contributed by atoms with van der Waals surface area (Å²) in [4.78, 5) is 0. The Morgan fingerprint density at radius 3 is 2.08 bits per heavy atom. The van der Waals surface area contributed by atoms with Gasteiger partial charge in [-0.1, -0.05) is 41.5 Å². The molecule has 1 aromatic rings. The summed E-state index contributed by atoms with van der Waals surface area (Å²) in [6.45, 7) is 10.00. The van der Waals surface area contributed by atoms with Gasteiger partial charge in [0.2, 0.25) is 0 Å². The summed E-state index contributed by atoms with van der Waals surface area (Å²) in [5.74, 6) is 0. The third-order valence-corrected chi connectivity index (χ3v) is 2.13. The number of hydrogen-bond acceptors (Lipinski definition) is 1. The van der Waals surface area contributed by atoms with E-state index in [0.717, 1.165) is 11.1 Å². The molecule has 0 bridgehead atoms. The summed E-state index contributed by atoms with van der Waals surface area (Å²) >= 11 is 0. The van der Waals surface area contributed by atoms with Gasteiger partial charge in [0, 0.05) is 0 Å². The number of hydrogen-bond donors (Lipinski definition) is 1. The molecule has 1 unspecified atom stereocenters. The average Bonchev–Trinajstić information content (AvgIpc) is 2.01. The van der Waals surface area contributed by atoms with Crippen LogP contribution in [0.25, 0.3) is 0 Å². The van der Waals surface area contributed by atoms with Crippen LogP contribution in [0, 0.1) is 13.8 Å². The highest BCUT2D eigenvalue weighted by atomic mass is 14.6. The van der Waals surface area contributed by atoms with Gasteiger partial charge in [-0.15, -0.1) is 0 Å². The predicted molar refractivity (Wildman–Crippen MR) is 57.7 cm³/mol. The Labute approximate surface area is 80.3 Å². The van der Waals surface area contributed by atoms with E-state index in [0.29, 0.717) is 0 Å². The van der Waals surface area contributed by atoms with Gasteiger partial charge in [-0.3, -0.25) is 0 Å². The van der Waals surface area contributed by atoms with Crippen molar-refractivity contribution in [2.45, 2.75) is 26.8 Å². The molecule has 2 N–H and O–H groups in total. The van der Waals surface area contributed by atoms with Gasteiger partial charge in [0.1, 0.15) is 0 Å². The highest BCUT2D eigenvalue weighted by molar-refractivity contribution is 5.33. The number of benzene rings is 1. The number of aryl methyl sites for hydroxylation is 2. The largest absolute Gasteiger partial charge is 0.321 e. The standard InChI is InChI=1S/C12H17N/c1-8(2)12(13)11-6-9(3)5-10(4)7-11/h5-7,12H,1,13H2,2-4H3. The van der Waals surface area contributed by atoms with Crippen LogP contribution >= 0.6 is 0 Å². The molecular weight excluding hydrogens is 158 g/mol. The second-order valence-corrected chi connectivity index (χ2v) is 3.75. The molecule has 1 atom stereocenters. The van der Waals surface area contributed by atoms with Crippen LogP contribution in [0.15, 0.2) is 30.4 Å². The molecule has 0 aliphatic heterocycles. The molecule has 0 spiro atoms. The molecule has 0 radical (unpaired) electrons. The number of nitrogens with two attached hydrogens (primary N) is 1. The van der Waals surface area contributed by atoms with Crippen molar-refractivity contribution >= 4 is 0 Å². The Morgan fingerprint density at radius 1 is 1.23 bits per heavy atom. The van der Waals surface area contributed by atoms with E-state index >= 15 is 0 Å². The minimum absolute atomic E-state index is 0.0291. The highest BCUT2D eigenvalue weighted by Gasteiger charge is 2.06. The van der Waals surface area contributed by atoms with Crippen molar-refractivity contribution < 1.29 is 0 Å². The normalized spacial score (nSPS) is 12.6. The molecule has 13 heavy (non-hydrogen) atoms. The summed E-state index contributed by atoms with van der Waals surface area (Å²) in [6, 6.07) is 6.35. The van der Waals surface area contributed by atoms with Crippen LogP contribution in [-0.4, -0.2) is 0 Å². The molecule has 0 saturated carbocycles. The first-order valence-electron chi connectivity index (χ1n) is 4.50. The van der Waals surface area contributed by atoms with Gasteiger partial charge in [0.25, 0.3) is 0 Å². The topological polar surface area (TPSA) is 26.0 Å². The van der Waals surface area contributed by atoms with Crippen molar-refractivity contribution in [1.29, 1.82) is 0 Å². The lowest BCUT2D eigenvalue weighted by Gasteiger charge is -2.13. The first-order valence-corrected chi connectivity index (χ1v) is 4.50. The van der Waals surface area contributed by atoms with Crippen molar-refractivity contribution in [3.63, 3.8) is 0 Å². The van der Waals surface area contributed by atoms with Crippen LogP contribution in [0.4, 0.5) is 0 Å². The van der Waals surface area contributed by atoms with Crippen LogP contribution in [0.3, 0.4) is 0 Å². The van der Waals surface area contributed by atoms with Crippen LogP contribution in [0.2, 0.25) is 0 Å². The maximum Gasteiger partial charge on any atom is 0.0505 e. The van der Waals surface area contributed by atoms with Gasteiger partial charge in [0.15, 0.2) is 0 Å². The summed E-state index contributed by atoms with van der Waals surface area (Å²) in [7, 11) is 0. The zero-order valence-electron chi connectivity index (χ0n) is 8.59. The predicted octanol–water partition coefficient (Wildman–Crippen LogP) is 2.88. The first kappa shape index (κ1) is 10.0. The van der Waals surface area contributed by atoms with Gasteiger partial charge in [-0.25, -0.2) is 0 Å². The number of rotatable bonds is 2. The van der Waals surface area contributed by atoms with E-state index in [2.05, 4.69) is 38.6 Å². The lowest BCUT2D eigenvalue weighted by Crippen LogP contribution is -2.11. The fraction of sp³-hybridized carbons (Fsp3) is 0.333. The smallest absolute Gasteiger partial charge is 0.0505 e. The molecular formula is C12H17N. The Balaban J connectivity index is 3.07. The summed E-state index contributed by atoms with van der Waals surface area (Å²) in [6.07, 6.45) is 0. The Kier molecular flexibility index (Phi) is 2.89. The van der Waals surface area contributed by atoms with E-state index in [9.17, 15) is 0 Å². The third-order valence-electron chi connectivity index (χ3n) is 2.13. The van der Waals surface area contributed by atoms with Gasteiger partial charge in [-0.2, -0.15) is 0 Å². The average molecular weight is 175 g/mol. The molecule has 1 rings (SSSR count). The second kappa shape index (κ2) is 3.75. The molecule has 1 heteroatoms. The van der Waals surface area contributed by atoms with E-state index in [4.69, 9.17) is 5.73 Å². The summed E-state index contributed by atoms with van der Waals surface area (Å²) in [5, 5.41) is 0. The van der Waals surface area contributed by atoms with Crippen LogP contribution in [0.5, 0.6) is 0 Å². The molecule has 0 aromatic heterocycles. The lowest BCUT2D eigenvalue weighted by molar-refractivity contribution is 0.847. The molecule has 70 valence electrons. The van der Waals surface area contributed by atoms with Crippen molar-refractivity contribution in [2.24, 2.45) is 5.73 Å². The lowest BCUT2D eigenvalue weighted by atomic mass is 9.98. The van der Waals surface area contributed by atoms with Crippen LogP contribution in [0.1, 0.15) is 29.7 Å². The highest BCUT2D eigenvalue weighted by Crippen LogP contribution is 2.19. The molecule has 0 aliphatic rings. The fourth-order valence-corrected chi connectivity index (χ4v) is 1.47. The van der Waals surface area contributed by atoms with E-state index in [-0.39, 0.29) is 6.04 Å². The second-order valence-electron chi connectivity index (χ2n) is 3.75. The maximum absolute atomic E-state index is 5.98. The Morgan fingerprint density at radius 2 is 1.69 bits per heavy atom. The van der Waals surface area contributed by atoms with E-state index in [1.165, 1.54) is 11.1 Å². The van der Waals surface area contributed by atoms with Crippen LogP contribution in [-0.2, 0) is 0 Å². The monoisotopic (exact) mass is 175 g/mol. The zero-order valence-corrected chi connectivity index (χ0v) is 8.59. The minimum Gasteiger partial charge on any atom is -0.321 e. The molecule has 0 aliphatic carbocycles. The van der Waals surface area contributed by atoms with Crippen molar-refractivity contribution in [2.75, 3.05) is 0 Å². The fourth-order valence-electron chi connectivity index (χ4n) is 1.47. The molecule has 1 nitrogen and oxygen atoms in total. The zero-order chi connectivity index (χ0) is 10.0. The molecule has 1 aromatic carbocycles. The van der Waals surface area contributed by atoms with Gasteiger partial charge in [0.05, 0.1) is 6.04 Å². The van der Waals surface area contributed by atoms with E-state index in [1.54, 1.807) is 0 Å². The molecule has 0 heterocycles. The minimum atomic E-state index is -0.0291. The summed E-state index contributed by atoms with van der Waals surface area (Å²) < 4.78 is 0. The SMILES string of the molecule is C=C(C)C(N)c1cc(C)cc(C)c1. The first-order chi connectivity index (χ1) is 6.00. The Hall–Kier alpha value is -1.08. The van der Waals surface area contributed by atoms with E-state index in [1.807, 2.05) is 6.92 Å². The quantitative estimate of drug-likeness (QED) is 0.687. The summed E-state index contributed by atoms with van der Waals surface area (Å²) in [5.41, 5.74) is 10.7. The molecule has 0 fully saturated rings. The Bertz CT molecular complexity index is 306. The van der Waals surface area contributed by atoms with Crippen molar-refractivity contribution in [3.8, 4) is 0 Å². The molecule has 0 amide bonds. The van der Waals surface area contributed by atoms with Gasteiger partial charge >= 0.3 is 0 Å². The van der Waals surface area contributed by atoms with Crippen molar-refractivity contribution in [3.05, 3.63) is 47.0 Å². The molecule has 0 saturated heterocycles.